The van der Waals surface area contributed by atoms with Gasteiger partial charge in [0, 0.05) is 6.42 Å². The Labute approximate surface area is 107 Å². The predicted octanol–water partition coefficient (Wildman–Crippen LogP) is 3.04. The van der Waals surface area contributed by atoms with Crippen molar-refractivity contribution in [1.82, 2.24) is 0 Å². The fourth-order valence-corrected chi connectivity index (χ4v) is 2.90. The molecule has 1 aromatic carbocycles. The van der Waals surface area contributed by atoms with Gasteiger partial charge >= 0.3 is 0 Å². The number of carbonyl (C=O) groups is 1. The second-order valence-corrected chi connectivity index (χ2v) is 5.14. The van der Waals surface area contributed by atoms with Crippen molar-refractivity contribution in [1.29, 1.82) is 0 Å². The quantitative estimate of drug-likeness (QED) is 0.753. The van der Waals surface area contributed by atoms with Crippen LogP contribution in [0.3, 0.4) is 0 Å². The predicted molar refractivity (Wildman–Crippen MR) is 67.6 cm³/mol. The largest absolute Gasteiger partial charge is 0.497 e. The normalized spacial score (nSPS) is 31.2. The molecule has 1 saturated heterocycles. The van der Waals surface area contributed by atoms with E-state index >= 15 is 0 Å². The van der Waals surface area contributed by atoms with Gasteiger partial charge in [-0.2, -0.15) is 0 Å². The molecule has 0 amide bonds. The highest BCUT2D eigenvalue weighted by molar-refractivity contribution is 5.91. The zero-order valence-electron chi connectivity index (χ0n) is 10.6. The average molecular weight is 246 g/mol. The van der Waals surface area contributed by atoms with E-state index in [-0.39, 0.29) is 6.10 Å². The van der Waals surface area contributed by atoms with E-state index in [1.165, 1.54) is 0 Å². The van der Waals surface area contributed by atoms with Crippen molar-refractivity contribution in [2.24, 2.45) is 0 Å². The Bertz CT molecular complexity index is 451. The lowest BCUT2D eigenvalue weighted by Gasteiger charge is -2.07. The molecule has 0 N–H and O–H groups in total. The van der Waals surface area contributed by atoms with Crippen LogP contribution in [0.15, 0.2) is 24.3 Å². The molecule has 2 unspecified atom stereocenters. The molecule has 2 fully saturated rings. The van der Waals surface area contributed by atoms with Crippen LogP contribution in [-0.2, 0) is 9.53 Å². The van der Waals surface area contributed by atoms with E-state index in [1.54, 1.807) is 7.11 Å². The number of rotatable bonds is 2. The summed E-state index contributed by atoms with van der Waals surface area (Å²) in [5.41, 5.74) is 0.594. The Kier molecular flexibility index (Phi) is 2.86. The minimum atomic E-state index is -0.495. The van der Waals surface area contributed by atoms with E-state index < -0.39 is 5.60 Å². The van der Waals surface area contributed by atoms with Crippen molar-refractivity contribution in [3.05, 3.63) is 29.8 Å². The lowest BCUT2D eigenvalue weighted by Crippen LogP contribution is -2.23. The van der Waals surface area contributed by atoms with Crippen LogP contribution < -0.4 is 4.74 Å². The molecule has 3 heteroatoms. The molecule has 0 bridgehead atoms. The topological polar surface area (TPSA) is 38.8 Å². The average Bonchev–Trinajstić information content (AvgIpc) is 3.16. The first kappa shape index (κ1) is 11.7. The van der Waals surface area contributed by atoms with Crippen LogP contribution in [0.4, 0.5) is 0 Å². The van der Waals surface area contributed by atoms with Gasteiger partial charge in [-0.1, -0.05) is 18.6 Å². The lowest BCUT2D eigenvalue weighted by molar-refractivity contribution is -0.124. The maximum atomic E-state index is 12.2. The van der Waals surface area contributed by atoms with Crippen LogP contribution in [0.5, 0.6) is 5.75 Å². The summed E-state index contributed by atoms with van der Waals surface area (Å²) < 4.78 is 10.9. The summed E-state index contributed by atoms with van der Waals surface area (Å²) in [6.07, 6.45) is 4.77. The maximum Gasteiger partial charge on any atom is 0.167 e. The maximum absolute atomic E-state index is 12.2. The van der Waals surface area contributed by atoms with Crippen LogP contribution in [-0.4, -0.2) is 18.5 Å². The number of hydrogen-bond acceptors (Lipinski definition) is 3. The van der Waals surface area contributed by atoms with Gasteiger partial charge in [-0.05, 0) is 37.0 Å². The molecule has 3 rings (SSSR count). The Morgan fingerprint density at radius 3 is 2.72 bits per heavy atom. The monoisotopic (exact) mass is 246 g/mol. The number of epoxide rings is 1. The van der Waals surface area contributed by atoms with Crippen molar-refractivity contribution < 1.29 is 14.3 Å². The molecular weight excluding hydrogens is 228 g/mol. The SMILES string of the molecule is COc1ccc(C2OC23CCCCCC3=O)cc1. The molecule has 2 atom stereocenters. The molecule has 1 spiro atoms. The smallest absolute Gasteiger partial charge is 0.167 e. The van der Waals surface area contributed by atoms with Crippen molar-refractivity contribution in [3.8, 4) is 5.75 Å². The van der Waals surface area contributed by atoms with Crippen molar-refractivity contribution >= 4 is 5.78 Å². The number of Topliss-reactive ketones (excluding diaryl/α,β-unsaturated/α-hetero) is 1. The first-order chi connectivity index (χ1) is 8.76. The van der Waals surface area contributed by atoms with Crippen LogP contribution in [0.1, 0.15) is 43.8 Å². The highest BCUT2D eigenvalue weighted by Gasteiger charge is 2.61. The number of ketones is 1. The highest BCUT2D eigenvalue weighted by atomic mass is 16.6. The molecule has 1 saturated carbocycles. The van der Waals surface area contributed by atoms with Gasteiger partial charge in [-0.15, -0.1) is 0 Å². The summed E-state index contributed by atoms with van der Waals surface area (Å²) in [6, 6.07) is 7.84. The summed E-state index contributed by atoms with van der Waals surface area (Å²) in [5, 5.41) is 0. The van der Waals surface area contributed by atoms with Crippen molar-refractivity contribution in [2.45, 2.75) is 43.8 Å². The highest BCUT2D eigenvalue weighted by Crippen LogP contribution is 2.55. The van der Waals surface area contributed by atoms with E-state index in [0.29, 0.717) is 12.2 Å². The van der Waals surface area contributed by atoms with Crippen molar-refractivity contribution in [3.63, 3.8) is 0 Å². The fourth-order valence-electron chi connectivity index (χ4n) is 2.90. The first-order valence-electron chi connectivity index (χ1n) is 6.61. The molecular formula is C15H18O3. The molecule has 1 aliphatic heterocycles. The third kappa shape index (κ3) is 1.83. The fraction of sp³-hybridized carbons (Fsp3) is 0.533. The van der Waals surface area contributed by atoms with E-state index in [4.69, 9.17) is 9.47 Å². The van der Waals surface area contributed by atoms with Gasteiger partial charge < -0.3 is 9.47 Å². The molecule has 3 nitrogen and oxygen atoms in total. The summed E-state index contributed by atoms with van der Waals surface area (Å²) in [6.45, 7) is 0. The van der Waals surface area contributed by atoms with E-state index in [1.807, 2.05) is 24.3 Å². The second kappa shape index (κ2) is 4.39. The minimum absolute atomic E-state index is 0.0333. The zero-order chi connectivity index (χ0) is 12.6. The van der Waals surface area contributed by atoms with E-state index in [0.717, 1.165) is 37.0 Å². The zero-order valence-corrected chi connectivity index (χ0v) is 10.6. The summed E-state index contributed by atoms with van der Waals surface area (Å²) in [4.78, 5) is 12.2. The van der Waals surface area contributed by atoms with Gasteiger partial charge in [-0.25, -0.2) is 0 Å². The molecule has 2 aliphatic rings. The second-order valence-electron chi connectivity index (χ2n) is 5.14. The minimum Gasteiger partial charge on any atom is -0.497 e. The van der Waals surface area contributed by atoms with Crippen LogP contribution in [0.2, 0.25) is 0 Å². The van der Waals surface area contributed by atoms with Gasteiger partial charge in [0.1, 0.15) is 11.9 Å². The van der Waals surface area contributed by atoms with Gasteiger partial charge in [0.25, 0.3) is 0 Å². The molecule has 1 aliphatic carbocycles. The van der Waals surface area contributed by atoms with Gasteiger partial charge in [-0.3, -0.25) is 4.79 Å². The molecule has 1 heterocycles. The molecule has 0 aromatic heterocycles. The molecule has 1 aromatic rings. The van der Waals surface area contributed by atoms with E-state index in [2.05, 4.69) is 0 Å². The standard InChI is InChI=1S/C15H18O3/c1-17-12-8-6-11(7-9-12)14-15(18-14)10-4-2-3-5-13(15)16/h6-9,14H,2-5,10H2,1H3. The Hall–Kier alpha value is -1.35. The summed E-state index contributed by atoms with van der Waals surface area (Å²) >= 11 is 0. The molecule has 96 valence electrons. The van der Waals surface area contributed by atoms with Crippen molar-refractivity contribution in [2.75, 3.05) is 7.11 Å². The Morgan fingerprint density at radius 1 is 1.22 bits per heavy atom. The van der Waals surface area contributed by atoms with E-state index in [9.17, 15) is 4.79 Å². The van der Waals surface area contributed by atoms with Crippen LogP contribution in [0.25, 0.3) is 0 Å². The summed E-state index contributed by atoms with van der Waals surface area (Å²) in [5.74, 6) is 1.13. The first-order valence-corrected chi connectivity index (χ1v) is 6.61. The molecule has 18 heavy (non-hydrogen) atoms. The lowest BCUT2D eigenvalue weighted by atomic mass is 9.91. The molecule has 0 radical (unpaired) electrons. The number of benzene rings is 1. The number of methoxy groups -OCH3 is 1. The third-order valence-electron chi connectivity index (χ3n) is 4.04. The Morgan fingerprint density at radius 2 is 2.00 bits per heavy atom. The Balaban J connectivity index is 1.80. The van der Waals surface area contributed by atoms with Gasteiger partial charge in [0.15, 0.2) is 11.4 Å². The van der Waals surface area contributed by atoms with Gasteiger partial charge in [0.2, 0.25) is 0 Å². The van der Waals surface area contributed by atoms with Crippen LogP contribution in [0, 0.1) is 0 Å². The number of carbonyl (C=O) groups excluding carboxylic acids is 1. The van der Waals surface area contributed by atoms with Crippen LogP contribution >= 0.6 is 0 Å². The number of hydrogen-bond donors (Lipinski definition) is 0. The van der Waals surface area contributed by atoms with Gasteiger partial charge in [0.05, 0.1) is 7.11 Å². The number of ether oxygens (including phenoxy) is 2. The third-order valence-corrected chi connectivity index (χ3v) is 4.04. The summed E-state index contributed by atoms with van der Waals surface area (Å²) in [7, 11) is 1.65.